The molecule has 1 amide bonds. The van der Waals surface area contributed by atoms with E-state index < -0.39 is 0 Å². The fraction of sp³-hybridized carbons (Fsp3) is 0.368. The average Bonchev–Trinajstić information content (AvgIpc) is 2.99. The average molecular weight is 336 g/mol. The van der Waals surface area contributed by atoms with Gasteiger partial charge in [0.15, 0.2) is 5.65 Å². The molecule has 1 saturated heterocycles. The molecule has 0 aromatic carbocycles. The Labute approximate surface area is 145 Å². The molecule has 0 spiro atoms. The summed E-state index contributed by atoms with van der Waals surface area (Å²) in [5.41, 5.74) is 3.11. The Morgan fingerprint density at radius 3 is 2.72 bits per heavy atom. The van der Waals surface area contributed by atoms with Crippen LogP contribution < -0.4 is 0 Å². The topological polar surface area (TPSA) is 72.1 Å². The summed E-state index contributed by atoms with van der Waals surface area (Å²) in [6.45, 7) is 5.03. The van der Waals surface area contributed by atoms with Gasteiger partial charge in [-0.1, -0.05) is 5.16 Å². The molecule has 0 unspecified atom stereocenters. The lowest BCUT2D eigenvalue weighted by molar-refractivity contribution is 0.0709. The van der Waals surface area contributed by atoms with Gasteiger partial charge in [-0.2, -0.15) is 0 Å². The van der Waals surface area contributed by atoms with Gasteiger partial charge in [-0.05, 0) is 51.0 Å². The van der Waals surface area contributed by atoms with E-state index >= 15 is 0 Å². The molecule has 128 valence electrons. The largest absolute Gasteiger partial charge is 0.361 e. The minimum absolute atomic E-state index is 0.0165. The lowest BCUT2D eigenvalue weighted by Gasteiger charge is -2.31. The Morgan fingerprint density at radius 1 is 1.20 bits per heavy atom. The van der Waals surface area contributed by atoms with Crippen LogP contribution in [0.1, 0.15) is 46.3 Å². The number of amides is 1. The van der Waals surface area contributed by atoms with E-state index in [1.807, 2.05) is 24.0 Å². The number of carbonyl (C=O) groups is 1. The fourth-order valence-electron chi connectivity index (χ4n) is 3.52. The molecular weight excluding hydrogens is 316 g/mol. The molecule has 3 aromatic heterocycles. The van der Waals surface area contributed by atoms with E-state index in [4.69, 9.17) is 9.51 Å². The van der Waals surface area contributed by atoms with Gasteiger partial charge in [0.05, 0.1) is 5.69 Å². The van der Waals surface area contributed by atoms with Crippen LogP contribution in [0.4, 0.5) is 0 Å². The standard InChI is InChI=1S/C19H20N4O2/c1-12-17(13(2)25-22-12)19(24)23-10-7-14(8-11-23)16-6-5-15-4-3-9-20-18(15)21-16/h3-6,9,14H,7-8,10-11H2,1-2H3. The van der Waals surface area contributed by atoms with Crippen molar-refractivity contribution in [1.82, 2.24) is 20.0 Å². The molecule has 6 nitrogen and oxygen atoms in total. The first-order valence-electron chi connectivity index (χ1n) is 8.57. The molecule has 0 saturated carbocycles. The van der Waals surface area contributed by atoms with Gasteiger partial charge >= 0.3 is 0 Å². The molecular formula is C19H20N4O2. The van der Waals surface area contributed by atoms with Gasteiger partial charge in [0, 0.05) is 36.3 Å². The fourth-order valence-corrected chi connectivity index (χ4v) is 3.52. The maximum atomic E-state index is 12.7. The minimum Gasteiger partial charge on any atom is -0.361 e. The van der Waals surface area contributed by atoms with E-state index in [9.17, 15) is 4.79 Å². The van der Waals surface area contributed by atoms with Crippen LogP contribution in [0.25, 0.3) is 11.0 Å². The van der Waals surface area contributed by atoms with E-state index in [2.05, 4.69) is 22.3 Å². The summed E-state index contributed by atoms with van der Waals surface area (Å²) in [6, 6.07) is 8.10. The third kappa shape index (κ3) is 2.88. The van der Waals surface area contributed by atoms with E-state index in [0.717, 1.165) is 42.7 Å². The Balaban J connectivity index is 1.48. The Bertz CT molecular complexity index is 907. The normalized spacial score (nSPS) is 15.7. The molecule has 0 N–H and O–H groups in total. The predicted molar refractivity (Wildman–Crippen MR) is 93.4 cm³/mol. The zero-order valence-corrected chi connectivity index (χ0v) is 14.4. The van der Waals surface area contributed by atoms with Crippen LogP contribution in [-0.2, 0) is 0 Å². The Hall–Kier alpha value is -2.76. The zero-order chi connectivity index (χ0) is 17.4. The van der Waals surface area contributed by atoms with Crippen molar-refractivity contribution < 1.29 is 9.32 Å². The summed E-state index contributed by atoms with van der Waals surface area (Å²) in [7, 11) is 0. The second kappa shape index (κ2) is 6.27. The van der Waals surface area contributed by atoms with Crippen molar-refractivity contribution in [3.05, 3.63) is 53.2 Å². The van der Waals surface area contributed by atoms with Crippen LogP contribution >= 0.6 is 0 Å². The van der Waals surface area contributed by atoms with Crippen molar-refractivity contribution >= 4 is 16.9 Å². The summed E-state index contributed by atoms with van der Waals surface area (Å²) >= 11 is 0. The van der Waals surface area contributed by atoms with Crippen molar-refractivity contribution in [2.45, 2.75) is 32.6 Å². The number of pyridine rings is 2. The maximum absolute atomic E-state index is 12.7. The second-order valence-corrected chi connectivity index (χ2v) is 6.55. The van der Waals surface area contributed by atoms with Crippen molar-refractivity contribution in [3.8, 4) is 0 Å². The van der Waals surface area contributed by atoms with Crippen LogP contribution in [0.15, 0.2) is 35.0 Å². The maximum Gasteiger partial charge on any atom is 0.259 e. The summed E-state index contributed by atoms with van der Waals surface area (Å²) in [6.07, 6.45) is 3.57. The third-order valence-electron chi connectivity index (χ3n) is 4.93. The molecule has 4 rings (SSSR count). The van der Waals surface area contributed by atoms with Crippen LogP contribution in [0.3, 0.4) is 0 Å². The van der Waals surface area contributed by atoms with Gasteiger partial charge < -0.3 is 9.42 Å². The van der Waals surface area contributed by atoms with Gasteiger partial charge in [0.25, 0.3) is 5.91 Å². The monoisotopic (exact) mass is 336 g/mol. The molecule has 0 atom stereocenters. The number of likely N-dealkylation sites (tertiary alicyclic amines) is 1. The number of aromatic nitrogens is 3. The van der Waals surface area contributed by atoms with Crippen LogP contribution in [0, 0.1) is 13.8 Å². The highest BCUT2D eigenvalue weighted by Crippen LogP contribution is 2.29. The van der Waals surface area contributed by atoms with Crippen molar-refractivity contribution in [3.63, 3.8) is 0 Å². The van der Waals surface area contributed by atoms with Gasteiger partial charge in [-0.25, -0.2) is 9.97 Å². The first kappa shape index (κ1) is 15.7. The molecule has 1 aliphatic heterocycles. The Kier molecular flexibility index (Phi) is 3.95. The van der Waals surface area contributed by atoms with Gasteiger partial charge in [-0.15, -0.1) is 0 Å². The lowest BCUT2D eigenvalue weighted by atomic mass is 9.92. The van der Waals surface area contributed by atoms with Gasteiger partial charge in [-0.3, -0.25) is 4.79 Å². The molecule has 0 bridgehead atoms. The van der Waals surface area contributed by atoms with Gasteiger partial charge in [0.1, 0.15) is 11.3 Å². The second-order valence-electron chi connectivity index (χ2n) is 6.55. The SMILES string of the molecule is Cc1noc(C)c1C(=O)N1CCC(c2ccc3cccnc3n2)CC1. The van der Waals surface area contributed by atoms with Gasteiger partial charge in [0.2, 0.25) is 0 Å². The summed E-state index contributed by atoms with van der Waals surface area (Å²) in [5.74, 6) is 0.967. The molecule has 25 heavy (non-hydrogen) atoms. The molecule has 1 aliphatic rings. The highest BCUT2D eigenvalue weighted by atomic mass is 16.5. The zero-order valence-electron chi connectivity index (χ0n) is 14.4. The molecule has 4 heterocycles. The van der Waals surface area contributed by atoms with E-state index in [-0.39, 0.29) is 5.91 Å². The molecule has 0 radical (unpaired) electrons. The van der Waals surface area contributed by atoms with Crippen LogP contribution in [-0.4, -0.2) is 39.0 Å². The number of aryl methyl sites for hydroxylation is 2. The molecule has 0 aliphatic carbocycles. The first-order chi connectivity index (χ1) is 12.1. The lowest BCUT2D eigenvalue weighted by Crippen LogP contribution is -2.38. The first-order valence-corrected chi connectivity index (χ1v) is 8.57. The minimum atomic E-state index is 0.0165. The summed E-state index contributed by atoms with van der Waals surface area (Å²) in [4.78, 5) is 23.7. The van der Waals surface area contributed by atoms with E-state index in [1.54, 1.807) is 13.1 Å². The van der Waals surface area contributed by atoms with E-state index in [0.29, 0.717) is 22.9 Å². The number of fused-ring (bicyclic) bond motifs is 1. The number of piperidine rings is 1. The smallest absolute Gasteiger partial charge is 0.259 e. The molecule has 6 heteroatoms. The molecule has 3 aromatic rings. The highest BCUT2D eigenvalue weighted by Gasteiger charge is 2.28. The molecule has 1 fully saturated rings. The number of nitrogens with zero attached hydrogens (tertiary/aromatic N) is 4. The number of carbonyl (C=O) groups excluding carboxylic acids is 1. The Morgan fingerprint density at radius 2 is 2.00 bits per heavy atom. The summed E-state index contributed by atoms with van der Waals surface area (Å²) < 4.78 is 5.12. The predicted octanol–water partition coefficient (Wildman–Crippen LogP) is 3.25. The van der Waals surface area contributed by atoms with Crippen molar-refractivity contribution in [2.75, 3.05) is 13.1 Å². The summed E-state index contributed by atoms with van der Waals surface area (Å²) in [5, 5.41) is 4.94. The van der Waals surface area contributed by atoms with Crippen molar-refractivity contribution in [2.24, 2.45) is 0 Å². The third-order valence-corrected chi connectivity index (χ3v) is 4.93. The van der Waals surface area contributed by atoms with Crippen molar-refractivity contribution in [1.29, 1.82) is 0 Å². The quantitative estimate of drug-likeness (QED) is 0.718. The van der Waals surface area contributed by atoms with E-state index in [1.165, 1.54) is 0 Å². The number of hydrogen-bond donors (Lipinski definition) is 0. The van der Waals surface area contributed by atoms with Crippen LogP contribution in [0.2, 0.25) is 0 Å². The highest BCUT2D eigenvalue weighted by molar-refractivity contribution is 5.96. The number of hydrogen-bond acceptors (Lipinski definition) is 5. The number of rotatable bonds is 2. The van der Waals surface area contributed by atoms with Crippen LogP contribution in [0.5, 0.6) is 0 Å².